The number of carbonyl (C=O) groups is 1. The number of carbonyl (C=O) groups excluding carboxylic acids is 1. The summed E-state index contributed by atoms with van der Waals surface area (Å²) in [6, 6.07) is 4.24. The zero-order valence-corrected chi connectivity index (χ0v) is 16.0. The van der Waals surface area contributed by atoms with Crippen molar-refractivity contribution >= 4 is 39.0 Å². The van der Waals surface area contributed by atoms with Crippen LogP contribution in [0.1, 0.15) is 25.7 Å². The van der Waals surface area contributed by atoms with Gasteiger partial charge in [-0.05, 0) is 31.7 Å². The summed E-state index contributed by atoms with van der Waals surface area (Å²) in [5.41, 5.74) is 1.78. The van der Waals surface area contributed by atoms with Crippen molar-refractivity contribution in [3.05, 3.63) is 18.3 Å². The Labute approximate surface area is 158 Å². The van der Waals surface area contributed by atoms with Crippen LogP contribution >= 0.6 is 0 Å². The Balaban J connectivity index is 1.54. The third kappa shape index (κ3) is 2.80. The highest BCUT2D eigenvalue weighted by Crippen LogP contribution is 2.39. The highest BCUT2D eigenvalue weighted by Gasteiger charge is 2.45. The van der Waals surface area contributed by atoms with Gasteiger partial charge in [-0.15, -0.1) is 0 Å². The molecule has 144 valence electrons. The largest absolute Gasteiger partial charge is 0.368 e. The summed E-state index contributed by atoms with van der Waals surface area (Å²) in [6.45, 7) is 1.33. The predicted molar refractivity (Wildman–Crippen MR) is 103 cm³/mol. The van der Waals surface area contributed by atoms with Crippen LogP contribution in [0.3, 0.4) is 0 Å². The molecule has 2 saturated heterocycles. The normalized spacial score (nSPS) is 25.9. The number of fused-ring (bicyclic) bond motifs is 3. The Morgan fingerprint density at radius 3 is 2.52 bits per heavy atom. The van der Waals surface area contributed by atoms with Crippen molar-refractivity contribution in [2.45, 2.75) is 43.8 Å². The van der Waals surface area contributed by atoms with Gasteiger partial charge >= 0.3 is 0 Å². The van der Waals surface area contributed by atoms with Crippen LogP contribution in [0, 0.1) is 0 Å². The van der Waals surface area contributed by atoms with E-state index in [-0.39, 0.29) is 18.1 Å². The molecule has 2 atom stereocenters. The molecule has 1 saturated carbocycles. The molecule has 3 fully saturated rings. The highest BCUT2D eigenvalue weighted by atomic mass is 32.2. The van der Waals surface area contributed by atoms with Gasteiger partial charge in [0.2, 0.25) is 16.4 Å². The van der Waals surface area contributed by atoms with E-state index in [9.17, 15) is 13.2 Å². The van der Waals surface area contributed by atoms with Crippen LogP contribution in [-0.2, 0) is 14.8 Å². The number of anilines is 2. The first-order chi connectivity index (χ1) is 13.0. The Morgan fingerprint density at radius 1 is 1.22 bits per heavy atom. The summed E-state index contributed by atoms with van der Waals surface area (Å²) >= 11 is 0. The zero-order chi connectivity index (χ0) is 18.8. The first-order valence-corrected chi connectivity index (χ1v) is 11.3. The zero-order valence-electron chi connectivity index (χ0n) is 15.2. The van der Waals surface area contributed by atoms with Gasteiger partial charge in [0.25, 0.3) is 0 Å². The van der Waals surface area contributed by atoms with Crippen molar-refractivity contribution in [2.75, 3.05) is 29.1 Å². The quantitative estimate of drug-likeness (QED) is 0.779. The van der Waals surface area contributed by atoms with Crippen molar-refractivity contribution < 1.29 is 13.2 Å². The molecule has 1 amide bonds. The predicted octanol–water partition coefficient (Wildman–Crippen LogP) is 1.30. The summed E-state index contributed by atoms with van der Waals surface area (Å²) in [4.78, 5) is 23.4. The molecule has 2 aromatic heterocycles. The monoisotopic (exact) mass is 389 g/mol. The van der Waals surface area contributed by atoms with Gasteiger partial charge in [-0.3, -0.25) is 9.69 Å². The highest BCUT2D eigenvalue weighted by molar-refractivity contribution is 7.88. The minimum absolute atomic E-state index is 0.00923. The van der Waals surface area contributed by atoms with Crippen molar-refractivity contribution in [3.63, 3.8) is 0 Å². The summed E-state index contributed by atoms with van der Waals surface area (Å²) < 4.78 is 26.0. The lowest BCUT2D eigenvalue weighted by Gasteiger charge is -2.41. The molecule has 8 nitrogen and oxygen atoms in total. The van der Waals surface area contributed by atoms with Crippen molar-refractivity contribution in [3.8, 4) is 0 Å². The SMILES string of the molecule is CS(=O)(=O)N1C2CCC1CN(c1cc(N(C=O)C3CC3)nc3[nH]ccc13)C2. The Hall–Kier alpha value is -2.13. The van der Waals surface area contributed by atoms with E-state index in [1.807, 2.05) is 18.3 Å². The third-order valence-corrected chi connectivity index (χ3v) is 7.31. The lowest BCUT2D eigenvalue weighted by atomic mass is 10.1. The second-order valence-electron chi connectivity index (χ2n) is 7.87. The molecular formula is C18H23N5O3S. The number of aromatic amines is 1. The van der Waals surface area contributed by atoms with Crippen LogP contribution in [0.4, 0.5) is 11.5 Å². The molecular weight excluding hydrogens is 366 g/mol. The number of rotatable bonds is 5. The maximum Gasteiger partial charge on any atom is 0.215 e. The second-order valence-corrected chi connectivity index (χ2v) is 9.75. The number of aromatic nitrogens is 2. The standard InChI is InChI=1S/C18H23N5O3S/c1-27(25,26)23-13-4-5-14(23)10-21(9-13)16-8-17(22(11-24)12-2-3-12)20-18-15(16)6-7-19-18/h6-8,11-14H,2-5,9-10H2,1H3,(H,19,20). The molecule has 4 heterocycles. The molecule has 0 aromatic carbocycles. The fourth-order valence-electron chi connectivity index (χ4n) is 4.68. The average Bonchev–Trinajstić information content (AvgIpc) is 3.26. The Kier molecular flexibility index (Phi) is 3.74. The van der Waals surface area contributed by atoms with Crippen LogP contribution in [-0.4, -0.2) is 66.6 Å². The number of nitrogens with zero attached hydrogens (tertiary/aromatic N) is 4. The van der Waals surface area contributed by atoms with E-state index in [0.29, 0.717) is 18.9 Å². The minimum atomic E-state index is -3.19. The van der Waals surface area contributed by atoms with Gasteiger partial charge in [0.05, 0.1) is 11.9 Å². The van der Waals surface area contributed by atoms with Crippen LogP contribution in [0.15, 0.2) is 18.3 Å². The number of H-pyrrole nitrogens is 1. The van der Waals surface area contributed by atoms with Crippen molar-refractivity contribution in [2.24, 2.45) is 0 Å². The first kappa shape index (κ1) is 17.0. The fraction of sp³-hybridized carbons (Fsp3) is 0.556. The van der Waals surface area contributed by atoms with E-state index in [1.165, 1.54) is 6.26 Å². The van der Waals surface area contributed by atoms with Gasteiger partial charge in [-0.2, -0.15) is 4.31 Å². The lowest BCUT2D eigenvalue weighted by Crippen LogP contribution is -2.55. The van der Waals surface area contributed by atoms with Gasteiger partial charge in [-0.25, -0.2) is 13.4 Å². The van der Waals surface area contributed by atoms with Crippen LogP contribution in [0.5, 0.6) is 0 Å². The van der Waals surface area contributed by atoms with E-state index < -0.39 is 10.0 Å². The molecule has 9 heteroatoms. The molecule has 5 rings (SSSR count). The molecule has 1 N–H and O–H groups in total. The van der Waals surface area contributed by atoms with Gasteiger partial charge in [-0.1, -0.05) is 0 Å². The van der Waals surface area contributed by atoms with Crippen LogP contribution in [0.25, 0.3) is 11.0 Å². The van der Waals surface area contributed by atoms with E-state index in [2.05, 4.69) is 14.9 Å². The summed E-state index contributed by atoms with van der Waals surface area (Å²) in [5.74, 6) is 0.662. The summed E-state index contributed by atoms with van der Waals surface area (Å²) in [7, 11) is -3.19. The lowest BCUT2D eigenvalue weighted by molar-refractivity contribution is -0.107. The smallest absolute Gasteiger partial charge is 0.215 e. The first-order valence-electron chi connectivity index (χ1n) is 9.41. The second kappa shape index (κ2) is 5.93. The van der Waals surface area contributed by atoms with Gasteiger partial charge in [0.15, 0.2) is 0 Å². The summed E-state index contributed by atoms with van der Waals surface area (Å²) in [5, 5.41) is 1.01. The van der Waals surface area contributed by atoms with E-state index in [4.69, 9.17) is 0 Å². The molecule has 2 bridgehead atoms. The molecule has 27 heavy (non-hydrogen) atoms. The molecule has 2 aromatic rings. The number of hydrogen-bond donors (Lipinski definition) is 1. The summed E-state index contributed by atoms with van der Waals surface area (Å²) in [6.07, 6.45) is 7.83. The van der Waals surface area contributed by atoms with Crippen LogP contribution < -0.4 is 9.80 Å². The molecule has 2 aliphatic heterocycles. The molecule has 0 spiro atoms. The van der Waals surface area contributed by atoms with E-state index in [0.717, 1.165) is 48.8 Å². The maximum absolute atomic E-state index is 12.2. The molecule has 0 radical (unpaired) electrons. The molecule has 2 unspecified atom stereocenters. The topological polar surface area (TPSA) is 89.6 Å². The van der Waals surface area contributed by atoms with E-state index >= 15 is 0 Å². The van der Waals surface area contributed by atoms with E-state index in [1.54, 1.807) is 9.21 Å². The number of sulfonamides is 1. The van der Waals surface area contributed by atoms with Crippen LogP contribution in [0.2, 0.25) is 0 Å². The molecule has 3 aliphatic rings. The third-order valence-electron chi connectivity index (χ3n) is 5.95. The fourth-order valence-corrected chi connectivity index (χ4v) is 6.11. The number of amides is 1. The number of pyridine rings is 1. The molecule has 1 aliphatic carbocycles. The number of nitrogens with one attached hydrogen (secondary N) is 1. The maximum atomic E-state index is 12.2. The van der Waals surface area contributed by atoms with Gasteiger partial charge < -0.3 is 9.88 Å². The Morgan fingerprint density at radius 2 is 1.93 bits per heavy atom. The Bertz CT molecular complexity index is 986. The number of piperazine rings is 1. The minimum Gasteiger partial charge on any atom is -0.368 e. The number of hydrogen-bond acceptors (Lipinski definition) is 5. The van der Waals surface area contributed by atoms with Gasteiger partial charge in [0.1, 0.15) is 11.5 Å². The van der Waals surface area contributed by atoms with Crippen molar-refractivity contribution in [1.29, 1.82) is 0 Å². The average molecular weight is 389 g/mol. The van der Waals surface area contributed by atoms with Crippen molar-refractivity contribution in [1.82, 2.24) is 14.3 Å². The van der Waals surface area contributed by atoms with Gasteiger partial charge in [0, 0.05) is 48.9 Å².